The van der Waals surface area contributed by atoms with Crippen LogP contribution in [-0.4, -0.2) is 57.7 Å². The second kappa shape index (κ2) is 15.0. The number of carbonyl (C=O) groups excluding carboxylic acids is 2. The minimum absolute atomic E-state index is 0.106. The molecule has 9 nitrogen and oxygen atoms in total. The first-order chi connectivity index (χ1) is 19.2. The van der Waals surface area contributed by atoms with Gasteiger partial charge in [0.2, 0.25) is 11.8 Å². The highest BCUT2D eigenvalue weighted by Crippen LogP contribution is 2.30. The minimum atomic E-state index is -1.83. The Labute approximate surface area is 236 Å². The Hall–Kier alpha value is -3.90. The minimum Gasteiger partial charge on any atom is -0.491 e. The molecule has 1 aliphatic carbocycles. The average Bonchev–Trinajstić information content (AvgIpc) is 3.26. The second-order valence-corrected chi connectivity index (χ2v) is 10.5. The molecule has 1 aliphatic heterocycles. The molecule has 2 amide bonds. The summed E-state index contributed by atoms with van der Waals surface area (Å²) in [5.74, 6) is 1.30. The maximum absolute atomic E-state index is 11.8. The van der Waals surface area contributed by atoms with Crippen LogP contribution in [0.25, 0.3) is 0 Å². The lowest BCUT2D eigenvalue weighted by molar-refractivity contribution is -0.138. The number of carbonyl (C=O) groups is 3. The Morgan fingerprint density at radius 1 is 1.07 bits per heavy atom. The Morgan fingerprint density at radius 2 is 1.70 bits per heavy atom. The quantitative estimate of drug-likeness (QED) is 0.358. The van der Waals surface area contributed by atoms with Crippen LogP contribution in [0.15, 0.2) is 42.5 Å². The zero-order valence-corrected chi connectivity index (χ0v) is 23.3. The fraction of sp³-hybridized carbons (Fsp3) is 0.484. The standard InChI is InChI=1S/C30H37N3O3.CH2O3/c1-22-18-26(10-13-28(22)36-17-16-33-29(34)14-15-30(33)35)21-32(20-25-6-4-3-5-7-25)23(2)27-11-8-24(19-31)9-12-27;2-1(3)4/h8-13,18,23,25H,3-7,14-17,20-21H2,1-2H3;(H2,2,3,4). The molecule has 1 saturated heterocycles. The van der Waals surface area contributed by atoms with Gasteiger partial charge in [0.1, 0.15) is 12.4 Å². The van der Waals surface area contributed by atoms with Crippen LogP contribution in [0, 0.1) is 24.2 Å². The highest BCUT2D eigenvalue weighted by molar-refractivity contribution is 6.01. The van der Waals surface area contributed by atoms with Crippen molar-refractivity contribution in [2.24, 2.45) is 5.92 Å². The van der Waals surface area contributed by atoms with Crippen molar-refractivity contribution in [2.45, 2.75) is 71.4 Å². The van der Waals surface area contributed by atoms with Crippen molar-refractivity contribution in [1.82, 2.24) is 9.80 Å². The summed E-state index contributed by atoms with van der Waals surface area (Å²) < 4.78 is 5.93. The van der Waals surface area contributed by atoms with Gasteiger partial charge in [0.25, 0.3) is 0 Å². The molecule has 0 aromatic heterocycles. The number of nitrogens with zero attached hydrogens (tertiary/aromatic N) is 3. The van der Waals surface area contributed by atoms with Crippen LogP contribution in [0.2, 0.25) is 0 Å². The Bertz CT molecular complexity index is 1180. The SMILES string of the molecule is Cc1cc(CN(CC2CCCCC2)C(C)c2ccc(C#N)cc2)ccc1OCCN1C(=O)CCC1=O.O=C(O)O. The molecule has 2 aromatic carbocycles. The van der Waals surface area contributed by atoms with E-state index in [1.54, 1.807) is 0 Å². The predicted molar refractivity (Wildman–Crippen MR) is 150 cm³/mol. The molecule has 2 aliphatic rings. The number of ether oxygens (including phenoxy) is 1. The number of aryl methyl sites for hydroxylation is 1. The molecule has 1 unspecified atom stereocenters. The van der Waals surface area contributed by atoms with Gasteiger partial charge in [-0.15, -0.1) is 0 Å². The van der Waals surface area contributed by atoms with Crippen molar-refractivity contribution in [3.05, 3.63) is 64.7 Å². The smallest absolute Gasteiger partial charge is 0.491 e. The first-order valence-corrected chi connectivity index (χ1v) is 13.9. The molecule has 1 heterocycles. The van der Waals surface area contributed by atoms with Crippen LogP contribution in [0.3, 0.4) is 0 Å². The summed E-state index contributed by atoms with van der Waals surface area (Å²) in [6.45, 7) is 6.82. The van der Waals surface area contributed by atoms with Crippen LogP contribution < -0.4 is 4.74 Å². The highest BCUT2D eigenvalue weighted by Gasteiger charge is 2.28. The van der Waals surface area contributed by atoms with Crippen molar-refractivity contribution in [2.75, 3.05) is 19.7 Å². The van der Waals surface area contributed by atoms with Gasteiger partial charge in [-0.25, -0.2) is 4.79 Å². The molecular formula is C31H39N3O6. The first-order valence-electron chi connectivity index (χ1n) is 13.9. The van der Waals surface area contributed by atoms with E-state index in [1.165, 1.54) is 48.1 Å². The normalized spacial score (nSPS) is 16.3. The van der Waals surface area contributed by atoms with Gasteiger partial charge in [0.15, 0.2) is 0 Å². The Kier molecular flexibility index (Phi) is 11.5. The molecule has 2 aromatic rings. The van der Waals surface area contributed by atoms with Gasteiger partial charge in [-0.2, -0.15) is 5.26 Å². The average molecular weight is 550 g/mol. The van der Waals surface area contributed by atoms with Gasteiger partial charge in [-0.05, 0) is 67.5 Å². The van der Waals surface area contributed by atoms with E-state index in [4.69, 9.17) is 25.0 Å². The van der Waals surface area contributed by atoms with Gasteiger partial charge in [0, 0.05) is 32.0 Å². The van der Waals surface area contributed by atoms with E-state index >= 15 is 0 Å². The second-order valence-electron chi connectivity index (χ2n) is 10.5. The summed E-state index contributed by atoms with van der Waals surface area (Å²) >= 11 is 0. The molecule has 0 spiro atoms. The van der Waals surface area contributed by atoms with Gasteiger partial charge in [-0.1, -0.05) is 43.5 Å². The number of rotatable bonds is 10. The largest absolute Gasteiger partial charge is 0.503 e. The molecule has 40 heavy (non-hydrogen) atoms. The number of hydrogen-bond donors (Lipinski definition) is 2. The molecular weight excluding hydrogens is 510 g/mol. The number of hydrogen-bond acceptors (Lipinski definition) is 6. The molecule has 0 radical (unpaired) electrons. The molecule has 2 fully saturated rings. The van der Waals surface area contributed by atoms with Crippen LogP contribution in [-0.2, 0) is 16.1 Å². The monoisotopic (exact) mass is 549 g/mol. The fourth-order valence-corrected chi connectivity index (χ4v) is 5.43. The third-order valence-corrected chi connectivity index (χ3v) is 7.64. The molecule has 4 rings (SSSR count). The number of likely N-dealkylation sites (tertiary alicyclic amines) is 1. The molecule has 1 atom stereocenters. The van der Waals surface area contributed by atoms with Crippen molar-refractivity contribution >= 4 is 18.0 Å². The predicted octanol–water partition coefficient (Wildman–Crippen LogP) is 5.76. The van der Waals surface area contributed by atoms with Gasteiger partial charge in [0.05, 0.1) is 18.2 Å². The highest BCUT2D eigenvalue weighted by atomic mass is 16.6. The van der Waals surface area contributed by atoms with Crippen LogP contribution in [0.4, 0.5) is 4.79 Å². The summed E-state index contributed by atoms with van der Waals surface area (Å²) in [6, 6.07) is 16.7. The number of benzene rings is 2. The maximum atomic E-state index is 11.8. The van der Waals surface area contributed by atoms with Crippen LogP contribution >= 0.6 is 0 Å². The van der Waals surface area contributed by atoms with E-state index in [0.29, 0.717) is 31.6 Å². The van der Waals surface area contributed by atoms with Crippen molar-refractivity contribution < 1.29 is 29.3 Å². The summed E-state index contributed by atoms with van der Waals surface area (Å²) in [6.07, 6.45) is 5.37. The third-order valence-electron chi connectivity index (χ3n) is 7.64. The number of imide groups is 1. The number of amides is 2. The summed E-state index contributed by atoms with van der Waals surface area (Å²) in [7, 11) is 0. The van der Waals surface area contributed by atoms with Crippen LogP contribution in [0.1, 0.15) is 80.2 Å². The van der Waals surface area contributed by atoms with Crippen molar-refractivity contribution in [1.29, 1.82) is 5.26 Å². The van der Waals surface area contributed by atoms with Gasteiger partial charge < -0.3 is 14.9 Å². The summed E-state index contributed by atoms with van der Waals surface area (Å²) in [5.41, 5.74) is 4.21. The molecule has 9 heteroatoms. The maximum Gasteiger partial charge on any atom is 0.503 e. The van der Waals surface area contributed by atoms with Gasteiger partial charge in [-0.3, -0.25) is 19.4 Å². The zero-order chi connectivity index (χ0) is 29.1. The lowest BCUT2D eigenvalue weighted by Gasteiger charge is -2.34. The van der Waals surface area contributed by atoms with Crippen molar-refractivity contribution in [3.8, 4) is 11.8 Å². The molecule has 0 bridgehead atoms. The first kappa shape index (κ1) is 30.6. The van der Waals surface area contributed by atoms with Gasteiger partial charge >= 0.3 is 6.16 Å². The van der Waals surface area contributed by atoms with E-state index < -0.39 is 6.16 Å². The topological polar surface area (TPSA) is 131 Å². The summed E-state index contributed by atoms with van der Waals surface area (Å²) in [5, 5.41) is 23.1. The number of carboxylic acid groups (broad SMARTS) is 2. The van der Waals surface area contributed by atoms with E-state index in [1.807, 2.05) is 25.1 Å². The molecule has 2 N–H and O–H groups in total. The zero-order valence-electron chi connectivity index (χ0n) is 23.3. The van der Waals surface area contributed by atoms with E-state index in [-0.39, 0.29) is 17.9 Å². The van der Waals surface area contributed by atoms with E-state index in [2.05, 4.69) is 42.2 Å². The van der Waals surface area contributed by atoms with Crippen molar-refractivity contribution in [3.63, 3.8) is 0 Å². The van der Waals surface area contributed by atoms with Crippen LogP contribution in [0.5, 0.6) is 5.75 Å². The lowest BCUT2D eigenvalue weighted by atomic mass is 9.88. The van der Waals surface area contributed by atoms with E-state index in [0.717, 1.165) is 30.3 Å². The van der Waals surface area contributed by atoms with E-state index in [9.17, 15) is 9.59 Å². The third kappa shape index (κ3) is 9.09. The number of nitriles is 1. The lowest BCUT2D eigenvalue weighted by Crippen LogP contribution is -2.33. The molecule has 214 valence electrons. The molecule has 1 saturated carbocycles. The summed E-state index contributed by atoms with van der Waals surface area (Å²) in [4.78, 5) is 36.0. The Balaban J connectivity index is 0.00000103. The fourth-order valence-electron chi connectivity index (χ4n) is 5.43. The Morgan fingerprint density at radius 3 is 2.27 bits per heavy atom.